The van der Waals surface area contributed by atoms with Crippen LogP contribution in [0.1, 0.15) is 60.2 Å². The van der Waals surface area contributed by atoms with Crippen LogP contribution >= 0.6 is 0 Å². The number of para-hydroxylation sites is 1. The summed E-state index contributed by atoms with van der Waals surface area (Å²) in [4.78, 5) is 10.8. The molecule has 3 nitrogen and oxygen atoms in total. The summed E-state index contributed by atoms with van der Waals surface area (Å²) in [7, 11) is 0. The van der Waals surface area contributed by atoms with Crippen LogP contribution in [-0.2, 0) is 9.53 Å². The number of anilines is 1. The van der Waals surface area contributed by atoms with Crippen molar-refractivity contribution in [1.29, 1.82) is 0 Å². The summed E-state index contributed by atoms with van der Waals surface area (Å²) >= 11 is 0. The van der Waals surface area contributed by atoms with Gasteiger partial charge < -0.3 is 10.1 Å². The average Bonchev–Trinajstić information content (AvgIpc) is 2.70. The van der Waals surface area contributed by atoms with Gasteiger partial charge in [0.15, 0.2) is 0 Å². The van der Waals surface area contributed by atoms with Crippen LogP contribution in [-0.4, -0.2) is 19.1 Å². The van der Waals surface area contributed by atoms with Crippen molar-refractivity contribution in [2.45, 2.75) is 53.4 Å². The normalized spacial score (nSPS) is 15.5. The number of hydrogen-bond acceptors (Lipinski definition) is 3. The van der Waals surface area contributed by atoms with Crippen LogP contribution in [0, 0.1) is 0 Å². The van der Waals surface area contributed by atoms with Crippen LogP contribution in [0.2, 0.25) is 0 Å². The van der Waals surface area contributed by atoms with E-state index in [-0.39, 0.29) is 41.9 Å². The topological polar surface area (TPSA) is 38.3 Å². The van der Waals surface area contributed by atoms with Crippen molar-refractivity contribution in [2.75, 3.05) is 18.5 Å². The highest BCUT2D eigenvalue weighted by atomic mass is 16.5. The lowest BCUT2D eigenvalue weighted by Gasteiger charge is -2.06. The zero-order chi connectivity index (χ0) is 23.6. The van der Waals surface area contributed by atoms with Crippen LogP contribution in [0.25, 0.3) is 0 Å². The monoisotopic (exact) mass is 360 g/mol. The molecular formula is C23H33NO2. The molecule has 0 atom stereocenters. The molecule has 0 bridgehead atoms. The molecule has 1 aromatic rings. The third kappa shape index (κ3) is 11.3. The Hall–Kier alpha value is -2.29. The molecule has 142 valence electrons. The van der Waals surface area contributed by atoms with Gasteiger partial charge in [0.05, 0.1) is 6.85 Å². The second kappa shape index (κ2) is 13.0. The molecule has 1 aromatic carbocycles. The minimum Gasteiger partial charge on any atom is -0.462 e. The molecule has 26 heavy (non-hydrogen) atoms. The Morgan fingerprint density at radius 1 is 0.962 bits per heavy atom. The van der Waals surface area contributed by atoms with Crippen molar-refractivity contribution in [1.82, 2.24) is 0 Å². The number of allylic oxidation sites excluding steroid dienone is 4. The molecule has 1 N–H and O–H groups in total. The fraction of sp³-hybridized carbons (Fsp3) is 0.435. The van der Waals surface area contributed by atoms with E-state index < -0.39 is 0 Å². The zero-order valence-corrected chi connectivity index (χ0v) is 16.3. The Bertz CT molecular complexity index is 846. The van der Waals surface area contributed by atoms with Gasteiger partial charge in [-0.15, -0.1) is 0 Å². The molecule has 0 fully saturated rings. The quantitative estimate of drug-likeness (QED) is 0.385. The number of ether oxygens (including phenoxy) is 1. The van der Waals surface area contributed by atoms with Crippen LogP contribution in [0.5, 0.6) is 0 Å². The minimum absolute atomic E-state index is 0.131. The summed E-state index contributed by atoms with van der Waals surface area (Å²) in [5.41, 5.74) is 3.67. The number of hydrogen-bond donors (Lipinski definition) is 1. The largest absolute Gasteiger partial charge is 0.462 e. The van der Waals surface area contributed by atoms with Crippen molar-refractivity contribution < 1.29 is 16.4 Å². The minimum atomic E-state index is -0.384. The summed E-state index contributed by atoms with van der Waals surface area (Å²) in [6.45, 7) is 8.23. The van der Waals surface area contributed by atoms with E-state index in [0.29, 0.717) is 13.2 Å². The van der Waals surface area contributed by atoms with Crippen LogP contribution in [0.15, 0.2) is 65.2 Å². The Balaban J connectivity index is 2.48. The van der Waals surface area contributed by atoms with E-state index in [4.69, 9.17) is 11.6 Å². The smallest absolute Gasteiger partial charge is 0.302 e. The van der Waals surface area contributed by atoms with E-state index in [1.807, 2.05) is 19.9 Å². The van der Waals surface area contributed by atoms with Gasteiger partial charge in [-0.3, -0.25) is 4.79 Å². The Kier molecular flexibility index (Phi) is 7.41. The third-order valence-electron chi connectivity index (χ3n) is 3.83. The molecule has 0 spiro atoms. The highest BCUT2D eigenvalue weighted by molar-refractivity contribution is 5.66. The maximum absolute atomic E-state index is 10.8. The molecule has 3 heteroatoms. The van der Waals surface area contributed by atoms with Crippen molar-refractivity contribution >= 4 is 11.7 Å². The van der Waals surface area contributed by atoms with E-state index in [9.17, 15) is 4.79 Å². The van der Waals surface area contributed by atoms with Gasteiger partial charge in [0.2, 0.25) is 0 Å². The predicted octanol–water partition coefficient (Wildman–Crippen LogP) is 6.06. The highest BCUT2D eigenvalue weighted by Gasteiger charge is 1.95. The Labute approximate surface area is 165 Å². The number of carbonyl (C=O) groups is 1. The zero-order valence-electron chi connectivity index (χ0n) is 21.3. The van der Waals surface area contributed by atoms with Crippen molar-refractivity contribution in [3.8, 4) is 0 Å². The number of esters is 1. The van der Waals surface area contributed by atoms with Gasteiger partial charge in [0, 0.05) is 19.2 Å². The van der Waals surface area contributed by atoms with E-state index in [0.717, 1.165) is 31.3 Å². The van der Waals surface area contributed by atoms with Gasteiger partial charge in [-0.2, -0.15) is 0 Å². The summed E-state index contributed by atoms with van der Waals surface area (Å²) < 4.78 is 43.9. The highest BCUT2D eigenvalue weighted by Crippen LogP contribution is 2.12. The van der Waals surface area contributed by atoms with Gasteiger partial charge in [-0.25, -0.2) is 0 Å². The standard InChI is InChI=1S/C23H33NO2/c1-19(10-8-12-20(2)16-17-26-22(4)25)11-9-13-21(3)18-24-23-14-6-5-7-15-23/h5-7,10,13-16,24H,8-9,11-12,17-18H2,1-4H3/b19-10+,20-16+,21-13+/i5D,6D,7D,14D,15D. The molecule has 0 aliphatic heterocycles. The fourth-order valence-electron chi connectivity index (χ4n) is 2.24. The van der Waals surface area contributed by atoms with E-state index in [1.165, 1.54) is 18.1 Å². The predicted molar refractivity (Wildman–Crippen MR) is 111 cm³/mol. The number of carbonyl (C=O) groups excluding carboxylic acids is 1. The molecule has 0 unspecified atom stereocenters. The van der Waals surface area contributed by atoms with Crippen LogP contribution in [0.4, 0.5) is 5.69 Å². The molecule has 1 rings (SSSR count). The lowest BCUT2D eigenvalue weighted by molar-refractivity contribution is -0.139. The van der Waals surface area contributed by atoms with Crippen LogP contribution in [0.3, 0.4) is 0 Å². The number of nitrogens with one attached hydrogen (secondary N) is 1. The maximum Gasteiger partial charge on any atom is 0.302 e. The first kappa shape index (κ1) is 14.8. The van der Waals surface area contributed by atoms with Crippen molar-refractivity contribution in [3.05, 3.63) is 65.2 Å². The lowest BCUT2D eigenvalue weighted by Crippen LogP contribution is -2.02. The van der Waals surface area contributed by atoms with Gasteiger partial charge in [-0.1, -0.05) is 47.0 Å². The first-order valence-electron chi connectivity index (χ1n) is 11.5. The first-order chi connectivity index (χ1) is 14.5. The Morgan fingerprint density at radius 3 is 2.15 bits per heavy atom. The summed E-state index contributed by atoms with van der Waals surface area (Å²) in [5, 5.41) is 2.98. The SMILES string of the molecule is [2H]c1c([2H])c([2H])c(NC/C(C)=C/CC/C(C)=C/CC/C(C)=C/COC(C)=O)c([2H])c1[2H]. The van der Waals surface area contributed by atoms with Gasteiger partial charge in [-0.05, 0) is 64.6 Å². The second-order valence-electron chi connectivity index (χ2n) is 6.38. The first-order valence-corrected chi connectivity index (χ1v) is 8.95. The van der Waals surface area contributed by atoms with E-state index in [1.54, 1.807) is 0 Å². The lowest BCUT2D eigenvalue weighted by atomic mass is 10.1. The van der Waals surface area contributed by atoms with Gasteiger partial charge in [0.1, 0.15) is 6.61 Å². The molecule has 0 aliphatic carbocycles. The molecular weight excluding hydrogens is 322 g/mol. The summed E-state index contributed by atoms with van der Waals surface area (Å²) in [5.74, 6) is -0.272. The Morgan fingerprint density at radius 2 is 1.54 bits per heavy atom. The number of benzene rings is 1. The molecule has 0 amide bonds. The molecule has 0 heterocycles. The molecule has 0 saturated heterocycles. The van der Waals surface area contributed by atoms with Crippen molar-refractivity contribution in [3.63, 3.8) is 0 Å². The van der Waals surface area contributed by atoms with Gasteiger partial charge in [0.25, 0.3) is 0 Å². The fourth-order valence-corrected chi connectivity index (χ4v) is 2.24. The van der Waals surface area contributed by atoms with E-state index in [2.05, 4.69) is 24.4 Å². The third-order valence-corrected chi connectivity index (χ3v) is 3.83. The molecule has 0 aliphatic rings. The average molecular weight is 361 g/mol. The van der Waals surface area contributed by atoms with Crippen LogP contribution < -0.4 is 5.32 Å². The van der Waals surface area contributed by atoms with Gasteiger partial charge >= 0.3 is 5.97 Å². The molecule has 0 saturated carbocycles. The molecule has 0 radical (unpaired) electrons. The van der Waals surface area contributed by atoms with Crippen molar-refractivity contribution in [2.24, 2.45) is 0 Å². The molecule has 0 aromatic heterocycles. The number of rotatable bonds is 11. The summed E-state index contributed by atoms with van der Waals surface area (Å²) in [6, 6.07) is -1.47. The summed E-state index contributed by atoms with van der Waals surface area (Å²) in [6.07, 6.45) is 9.92. The maximum atomic E-state index is 10.8. The van der Waals surface area contributed by atoms with E-state index >= 15 is 0 Å². The second-order valence-corrected chi connectivity index (χ2v) is 6.38.